The van der Waals surface area contributed by atoms with Gasteiger partial charge < -0.3 is 0 Å². The van der Waals surface area contributed by atoms with Gasteiger partial charge in [0, 0.05) is 0 Å². The summed E-state index contributed by atoms with van der Waals surface area (Å²) < 4.78 is 4.69. The number of hydrogen-bond donors (Lipinski definition) is 0. The van der Waals surface area contributed by atoms with E-state index < -0.39 is 0 Å². The van der Waals surface area contributed by atoms with E-state index in [9.17, 15) is 0 Å². The fraction of sp³-hybridized carbons (Fsp3) is 0.400. The first-order valence-corrected chi connectivity index (χ1v) is 4.32. The number of nitrogens with zero attached hydrogens (tertiary/aromatic N) is 2. The standard InChI is InChI=1S/C5H8N2S2Se/c1-6-3(8)4(9)7(2)5(6)10/h8-9H,1-2H3/p-2. The van der Waals surface area contributed by atoms with Crippen molar-refractivity contribution in [2.24, 2.45) is 14.1 Å². The van der Waals surface area contributed by atoms with Crippen molar-refractivity contribution < 1.29 is 0 Å². The topological polar surface area (TPSA) is 9.86 Å². The molecule has 0 aliphatic rings. The molecule has 1 aromatic heterocycles. The Bertz CT molecular complexity index is 284. The zero-order valence-corrected chi connectivity index (χ0v) is 8.97. The van der Waals surface area contributed by atoms with Crippen LogP contribution in [0.15, 0.2) is 10.1 Å². The molecule has 1 aromatic rings. The number of rotatable bonds is 0. The van der Waals surface area contributed by atoms with Crippen LogP contribution >= 0.6 is 0 Å². The van der Waals surface area contributed by atoms with Crippen LogP contribution in [0.1, 0.15) is 0 Å². The molecule has 0 bridgehead atoms. The second-order valence-corrected chi connectivity index (χ2v) is 3.55. The van der Waals surface area contributed by atoms with Gasteiger partial charge in [-0.2, -0.15) is 0 Å². The van der Waals surface area contributed by atoms with Gasteiger partial charge in [0.1, 0.15) is 0 Å². The van der Waals surface area contributed by atoms with Crippen molar-refractivity contribution in [3.63, 3.8) is 0 Å². The average molecular weight is 237 g/mol. The van der Waals surface area contributed by atoms with E-state index in [1.165, 1.54) is 0 Å². The van der Waals surface area contributed by atoms with Crippen LogP contribution in [0.5, 0.6) is 0 Å². The number of aromatic nitrogens is 2. The van der Waals surface area contributed by atoms with Gasteiger partial charge in [0.25, 0.3) is 0 Å². The predicted octanol–water partition coefficient (Wildman–Crippen LogP) is -0.124. The van der Waals surface area contributed by atoms with Gasteiger partial charge in [-0.1, -0.05) is 0 Å². The van der Waals surface area contributed by atoms with Gasteiger partial charge in [-0.25, -0.2) is 0 Å². The van der Waals surface area contributed by atoms with E-state index in [0.29, 0.717) is 10.1 Å². The Labute approximate surface area is 78.4 Å². The van der Waals surface area contributed by atoms with Gasteiger partial charge in [-0.3, -0.25) is 0 Å². The molecule has 0 fully saturated rings. The van der Waals surface area contributed by atoms with Crippen molar-refractivity contribution >= 4 is 40.8 Å². The van der Waals surface area contributed by atoms with Crippen LogP contribution in [-0.2, 0) is 39.4 Å². The molecule has 0 unspecified atom stereocenters. The summed E-state index contributed by atoms with van der Waals surface area (Å²) in [5.74, 6) is 0. The third-order valence-corrected chi connectivity index (χ3v) is 3.58. The maximum atomic E-state index is 5.02. The Morgan fingerprint density at radius 3 is 1.50 bits per heavy atom. The summed E-state index contributed by atoms with van der Waals surface area (Å²) in [7, 11) is 3.79. The molecule has 0 spiro atoms. The Balaban J connectivity index is 3.60. The summed E-state index contributed by atoms with van der Waals surface area (Å²) in [6, 6.07) is 0. The molecule has 0 saturated heterocycles. The van der Waals surface area contributed by atoms with Crippen LogP contribution in [-0.4, -0.2) is 24.7 Å². The number of hydrogen-bond acceptors (Lipinski definition) is 2. The van der Waals surface area contributed by atoms with Gasteiger partial charge in [-0.05, 0) is 0 Å². The van der Waals surface area contributed by atoms with Crippen molar-refractivity contribution in [1.82, 2.24) is 9.13 Å². The van der Waals surface area contributed by atoms with Crippen molar-refractivity contribution in [2.45, 2.75) is 10.1 Å². The van der Waals surface area contributed by atoms with Gasteiger partial charge in [0.15, 0.2) is 0 Å². The fourth-order valence-electron chi connectivity index (χ4n) is 0.686. The average Bonchev–Trinajstić information content (AvgIpc) is 2.07. The van der Waals surface area contributed by atoms with Crippen molar-refractivity contribution in [1.29, 1.82) is 0 Å². The van der Waals surface area contributed by atoms with Crippen molar-refractivity contribution in [3.8, 4) is 0 Å². The monoisotopic (exact) mass is 238 g/mol. The Morgan fingerprint density at radius 2 is 1.40 bits per heavy atom. The summed E-state index contributed by atoms with van der Waals surface area (Å²) in [6.45, 7) is 0. The van der Waals surface area contributed by atoms with E-state index in [2.05, 4.69) is 15.6 Å². The zero-order valence-electron chi connectivity index (χ0n) is 5.62. The van der Waals surface area contributed by atoms with E-state index in [-0.39, 0.29) is 0 Å². The van der Waals surface area contributed by atoms with Crippen molar-refractivity contribution in [3.05, 3.63) is 4.32 Å². The minimum absolute atomic E-state index is 0.714. The van der Waals surface area contributed by atoms with Crippen LogP contribution in [0.4, 0.5) is 0 Å². The fourth-order valence-corrected chi connectivity index (χ4v) is 1.78. The molecule has 1 heterocycles. The first-order chi connectivity index (χ1) is 4.55. The second-order valence-electron chi connectivity index (χ2n) is 2.01. The predicted molar refractivity (Wildman–Crippen MR) is 44.6 cm³/mol. The SMILES string of the molecule is Cn1c([S-])c([S-])n(C)c1=[Se]. The third kappa shape index (κ3) is 1.03. The summed E-state index contributed by atoms with van der Waals surface area (Å²) in [6.07, 6.45) is 0. The molecule has 0 aliphatic heterocycles. The maximum absolute atomic E-state index is 5.02. The molecule has 0 N–H and O–H groups in total. The minimum atomic E-state index is 0.714. The molecule has 0 radical (unpaired) electrons. The molecule has 1 rings (SSSR count). The third-order valence-electron chi connectivity index (χ3n) is 1.37. The summed E-state index contributed by atoms with van der Waals surface area (Å²) in [4.78, 5) is 0. The van der Waals surface area contributed by atoms with E-state index in [4.69, 9.17) is 25.3 Å². The molecule has 2 nitrogen and oxygen atoms in total. The first kappa shape index (κ1) is 8.27. The normalized spacial score (nSPS) is 10.2. The van der Waals surface area contributed by atoms with Crippen LogP contribution in [0.25, 0.3) is 0 Å². The molecule has 0 atom stereocenters. The summed E-state index contributed by atoms with van der Waals surface area (Å²) in [5.41, 5.74) is 0. The second kappa shape index (κ2) is 2.66. The summed E-state index contributed by atoms with van der Waals surface area (Å²) in [5, 5.41) is 1.43. The first-order valence-electron chi connectivity index (χ1n) is 2.65. The van der Waals surface area contributed by atoms with E-state index in [0.717, 1.165) is 4.32 Å². The molecule has 5 heteroatoms. The number of imidazole rings is 1. The molecular weight excluding hydrogens is 231 g/mol. The zero-order chi connectivity index (χ0) is 7.89. The molecule has 0 amide bonds. The van der Waals surface area contributed by atoms with E-state index in [1.54, 1.807) is 0 Å². The molecule has 10 heavy (non-hydrogen) atoms. The molecule has 0 saturated carbocycles. The van der Waals surface area contributed by atoms with E-state index >= 15 is 0 Å². The van der Waals surface area contributed by atoms with Gasteiger partial charge >= 0.3 is 78.4 Å². The molecular formula is C5H6N2S2Se-2. The van der Waals surface area contributed by atoms with Gasteiger partial charge in [0.2, 0.25) is 0 Å². The van der Waals surface area contributed by atoms with Gasteiger partial charge in [-0.15, -0.1) is 0 Å². The Hall–Kier alpha value is 0.169. The molecule has 56 valence electrons. The van der Waals surface area contributed by atoms with Crippen molar-refractivity contribution in [2.75, 3.05) is 0 Å². The summed E-state index contributed by atoms with van der Waals surface area (Å²) >= 11 is 12.9. The van der Waals surface area contributed by atoms with Crippen LogP contribution in [0.2, 0.25) is 0 Å². The quantitative estimate of drug-likeness (QED) is 0.459. The Morgan fingerprint density at radius 1 is 1.10 bits per heavy atom. The molecule has 0 aliphatic carbocycles. The Kier molecular flexibility index (Phi) is 2.20. The van der Waals surface area contributed by atoms with E-state index in [1.807, 2.05) is 23.2 Å². The van der Waals surface area contributed by atoms with Crippen LogP contribution in [0, 0.1) is 4.32 Å². The molecule has 0 aromatic carbocycles. The van der Waals surface area contributed by atoms with Crippen LogP contribution < -0.4 is 0 Å². The van der Waals surface area contributed by atoms with Crippen LogP contribution in [0.3, 0.4) is 0 Å². The van der Waals surface area contributed by atoms with Gasteiger partial charge in [0.05, 0.1) is 0 Å².